The first-order chi connectivity index (χ1) is 14.0. The van der Waals surface area contributed by atoms with E-state index in [-0.39, 0.29) is 0 Å². The summed E-state index contributed by atoms with van der Waals surface area (Å²) in [6.45, 7) is 21.1. The molecule has 5 heteroatoms. The van der Waals surface area contributed by atoms with Gasteiger partial charge in [0, 0.05) is 12.2 Å². The summed E-state index contributed by atoms with van der Waals surface area (Å²) in [6, 6.07) is 0. The molecule has 0 radical (unpaired) electrons. The van der Waals surface area contributed by atoms with Crippen molar-refractivity contribution in [3.63, 3.8) is 0 Å². The largest absolute Gasteiger partial charge is 0.397 e. The molecule has 0 amide bonds. The van der Waals surface area contributed by atoms with E-state index < -0.39 is 0 Å². The number of hydrogen-bond acceptors (Lipinski definition) is 4. The lowest BCUT2D eigenvalue weighted by atomic mass is 9.52. The molecule has 3 aliphatic rings. The Balaban J connectivity index is 2.03. The van der Waals surface area contributed by atoms with Gasteiger partial charge in [-0.25, -0.2) is 9.98 Å². The Labute approximate surface area is 182 Å². The first-order valence-corrected chi connectivity index (χ1v) is 10.8. The van der Waals surface area contributed by atoms with Gasteiger partial charge in [-0.3, -0.25) is 0 Å². The molecule has 0 saturated heterocycles. The van der Waals surface area contributed by atoms with Crippen LogP contribution in [0.1, 0.15) is 66.2 Å². The van der Waals surface area contributed by atoms with Crippen molar-refractivity contribution in [1.29, 1.82) is 0 Å². The minimum atomic E-state index is 0.381. The van der Waals surface area contributed by atoms with Crippen molar-refractivity contribution in [2.24, 2.45) is 32.3 Å². The van der Waals surface area contributed by atoms with Crippen LogP contribution in [0.5, 0.6) is 0 Å². The number of fused-ring (bicyclic) bond motifs is 3. The summed E-state index contributed by atoms with van der Waals surface area (Å²) in [4.78, 5) is 8.59. The van der Waals surface area contributed by atoms with Crippen LogP contribution in [0.15, 0.2) is 70.2 Å². The summed E-state index contributed by atoms with van der Waals surface area (Å²) < 4.78 is 0. The van der Waals surface area contributed by atoms with Crippen LogP contribution in [0.25, 0.3) is 0 Å². The molecule has 0 aliphatic heterocycles. The van der Waals surface area contributed by atoms with Gasteiger partial charge in [0.25, 0.3) is 0 Å². The number of hydrogen-bond donors (Lipinski definition) is 3. The Bertz CT molecular complexity index is 809. The third-order valence-electron chi connectivity index (χ3n) is 6.89. The molecule has 5 N–H and O–H groups in total. The lowest BCUT2D eigenvalue weighted by Gasteiger charge is -2.54. The highest BCUT2D eigenvalue weighted by atomic mass is 14.9. The minimum Gasteiger partial charge on any atom is -0.397 e. The molecule has 164 valence electrons. The smallest absolute Gasteiger partial charge is 0.0958 e. The van der Waals surface area contributed by atoms with Crippen LogP contribution in [-0.2, 0) is 0 Å². The van der Waals surface area contributed by atoms with E-state index in [2.05, 4.69) is 42.0 Å². The van der Waals surface area contributed by atoms with E-state index >= 15 is 0 Å². The average molecular weight is 410 g/mol. The van der Waals surface area contributed by atoms with E-state index in [1.54, 1.807) is 13.1 Å². The summed E-state index contributed by atoms with van der Waals surface area (Å²) >= 11 is 0. The predicted octanol–water partition coefficient (Wildman–Crippen LogP) is 5.10. The summed E-state index contributed by atoms with van der Waals surface area (Å²) in [7, 11) is 0. The molecule has 5 nitrogen and oxygen atoms in total. The van der Waals surface area contributed by atoms with Gasteiger partial charge in [-0.2, -0.15) is 0 Å². The Morgan fingerprint density at radius 3 is 2.00 bits per heavy atom. The van der Waals surface area contributed by atoms with Crippen molar-refractivity contribution >= 4 is 11.5 Å². The molecule has 0 unspecified atom stereocenters. The zero-order valence-corrected chi connectivity index (χ0v) is 19.3. The van der Waals surface area contributed by atoms with Crippen LogP contribution in [0.2, 0.25) is 0 Å². The maximum absolute atomic E-state index is 5.95. The Morgan fingerprint density at radius 1 is 0.967 bits per heavy atom. The Morgan fingerprint density at radius 2 is 1.53 bits per heavy atom. The van der Waals surface area contributed by atoms with Crippen molar-refractivity contribution in [2.45, 2.75) is 66.2 Å². The van der Waals surface area contributed by atoms with Crippen LogP contribution in [0.3, 0.4) is 0 Å². The molecule has 0 aromatic carbocycles. The molecule has 0 aromatic rings. The first-order valence-electron chi connectivity index (χ1n) is 10.8. The number of nitrogens with one attached hydrogen (secondary N) is 1. The molecule has 3 saturated carbocycles. The number of nitrogens with two attached hydrogens (primary N) is 2. The van der Waals surface area contributed by atoms with Crippen molar-refractivity contribution < 1.29 is 0 Å². The third-order valence-corrected chi connectivity index (χ3v) is 6.89. The second-order valence-corrected chi connectivity index (χ2v) is 9.28. The molecular weight excluding hydrogens is 370 g/mol. The monoisotopic (exact) mass is 409 g/mol. The van der Waals surface area contributed by atoms with Crippen LogP contribution >= 0.6 is 0 Å². The molecule has 0 aromatic heterocycles. The molecule has 3 aliphatic carbocycles. The predicted molar refractivity (Wildman–Crippen MR) is 130 cm³/mol. The lowest BCUT2D eigenvalue weighted by Crippen LogP contribution is -2.46. The summed E-state index contributed by atoms with van der Waals surface area (Å²) in [5, 5.41) is 3.58. The number of allylic oxidation sites excluding steroid dienone is 4. The van der Waals surface area contributed by atoms with Crippen LogP contribution in [0.4, 0.5) is 0 Å². The summed E-state index contributed by atoms with van der Waals surface area (Å²) in [5.41, 5.74) is 17.3. The first kappa shape index (κ1) is 23.7. The normalized spacial score (nSPS) is 27.7. The zero-order valence-electron chi connectivity index (χ0n) is 19.3. The van der Waals surface area contributed by atoms with E-state index in [1.807, 2.05) is 19.9 Å². The molecule has 3 fully saturated rings. The zero-order chi connectivity index (χ0) is 22.5. The van der Waals surface area contributed by atoms with E-state index in [4.69, 9.17) is 11.5 Å². The van der Waals surface area contributed by atoms with Crippen LogP contribution < -0.4 is 16.8 Å². The van der Waals surface area contributed by atoms with Gasteiger partial charge >= 0.3 is 0 Å². The third kappa shape index (κ3) is 5.74. The standard InChI is InChI=1S/C25H39N5/c1-17(2)25-11-8-24(9-12-25,10-13-25)16-29-21(6)18(3)14-23(20(5)26)30-19(4)15-28-22(7)27/h14-15,29H,1,5-6,8-13,16,26H2,2-4,7H3,(H2,27,28)/b18-14+,19-15+,30-23-. The van der Waals surface area contributed by atoms with Gasteiger partial charge < -0.3 is 16.8 Å². The van der Waals surface area contributed by atoms with Gasteiger partial charge in [-0.05, 0) is 88.7 Å². The maximum atomic E-state index is 5.95. The molecule has 3 rings (SSSR count). The van der Waals surface area contributed by atoms with E-state index in [1.165, 1.54) is 44.1 Å². The topological polar surface area (TPSA) is 88.8 Å². The number of aliphatic imine (C=N–C) groups is 2. The Kier molecular flexibility index (Phi) is 7.51. The highest BCUT2D eigenvalue weighted by Crippen LogP contribution is 2.59. The van der Waals surface area contributed by atoms with Gasteiger partial charge in [0.1, 0.15) is 0 Å². The number of nitrogens with zero attached hydrogens (tertiary/aromatic N) is 2. The highest BCUT2D eigenvalue weighted by molar-refractivity contribution is 6.08. The van der Waals surface area contributed by atoms with Crippen LogP contribution in [0, 0.1) is 10.8 Å². The fourth-order valence-electron chi connectivity index (χ4n) is 4.51. The second kappa shape index (κ2) is 9.50. The van der Waals surface area contributed by atoms with Gasteiger partial charge in [0.2, 0.25) is 0 Å². The summed E-state index contributed by atoms with van der Waals surface area (Å²) in [5.74, 6) is 0.479. The maximum Gasteiger partial charge on any atom is 0.0958 e. The average Bonchev–Trinajstić information content (AvgIpc) is 2.71. The number of amidine groups is 1. The molecule has 30 heavy (non-hydrogen) atoms. The minimum absolute atomic E-state index is 0.381. The van der Waals surface area contributed by atoms with Gasteiger partial charge in [0.05, 0.1) is 29.1 Å². The Hall–Kier alpha value is -2.56. The fourth-order valence-corrected chi connectivity index (χ4v) is 4.51. The van der Waals surface area contributed by atoms with Gasteiger partial charge in [-0.15, -0.1) is 0 Å². The van der Waals surface area contributed by atoms with E-state index in [0.29, 0.717) is 33.8 Å². The molecule has 2 bridgehead atoms. The SMILES string of the molecule is C=C(N)C(/C=C(\C)C(=C)NCC12CCC(C(=C)C)(CC1)CC2)=N\C(C)=C\N=C(C)N. The molecule has 0 spiro atoms. The second-order valence-electron chi connectivity index (χ2n) is 9.28. The van der Waals surface area contributed by atoms with E-state index in [0.717, 1.165) is 17.8 Å². The van der Waals surface area contributed by atoms with Crippen molar-refractivity contribution in [2.75, 3.05) is 6.54 Å². The van der Waals surface area contributed by atoms with Crippen LogP contribution in [-0.4, -0.2) is 18.1 Å². The van der Waals surface area contributed by atoms with Crippen molar-refractivity contribution in [3.05, 3.63) is 60.3 Å². The van der Waals surface area contributed by atoms with Crippen molar-refractivity contribution in [3.8, 4) is 0 Å². The van der Waals surface area contributed by atoms with Crippen molar-refractivity contribution in [1.82, 2.24) is 5.32 Å². The fraction of sp³-hybridized carbons (Fsp3) is 0.520. The van der Waals surface area contributed by atoms with Gasteiger partial charge in [-0.1, -0.05) is 25.3 Å². The highest BCUT2D eigenvalue weighted by Gasteiger charge is 2.48. The lowest BCUT2D eigenvalue weighted by molar-refractivity contribution is 0.0170. The summed E-state index contributed by atoms with van der Waals surface area (Å²) in [6.07, 6.45) is 11.1. The molecule has 0 heterocycles. The van der Waals surface area contributed by atoms with Gasteiger partial charge in [0.15, 0.2) is 0 Å². The quantitative estimate of drug-likeness (QED) is 0.214. The molecular formula is C25H39N5. The molecule has 0 atom stereocenters. The van der Waals surface area contributed by atoms with E-state index in [9.17, 15) is 0 Å². The number of rotatable bonds is 9.